The molecule has 19 heavy (non-hydrogen) atoms. The average molecular weight is 276 g/mol. The predicted molar refractivity (Wildman–Crippen MR) is 76.8 cm³/mol. The van der Waals surface area contributed by atoms with E-state index in [0.717, 1.165) is 5.56 Å². The molecule has 0 saturated carbocycles. The van der Waals surface area contributed by atoms with Crippen molar-refractivity contribution >= 4 is 17.2 Å². The molecule has 2 rings (SSSR count). The van der Waals surface area contributed by atoms with Crippen molar-refractivity contribution in [2.75, 3.05) is 0 Å². The van der Waals surface area contributed by atoms with Gasteiger partial charge in [0.1, 0.15) is 10.8 Å². The number of aromatic nitrogens is 1. The lowest BCUT2D eigenvalue weighted by Crippen LogP contribution is -2.19. The van der Waals surface area contributed by atoms with Gasteiger partial charge >= 0.3 is 0 Å². The van der Waals surface area contributed by atoms with Gasteiger partial charge < -0.3 is 10.3 Å². The zero-order valence-electron chi connectivity index (χ0n) is 10.4. The van der Waals surface area contributed by atoms with E-state index < -0.39 is 5.82 Å². The zero-order valence-corrected chi connectivity index (χ0v) is 11.2. The number of rotatable bonds is 3. The number of aryl methyl sites for hydroxylation is 1. The number of hydrogen-bond donors (Lipinski definition) is 1. The predicted octanol–water partition coefficient (Wildman–Crippen LogP) is 1.98. The highest BCUT2D eigenvalue weighted by atomic mass is 32.1. The van der Waals surface area contributed by atoms with Crippen LogP contribution in [-0.2, 0) is 6.54 Å². The van der Waals surface area contributed by atoms with Gasteiger partial charge in [0.2, 0.25) is 0 Å². The summed E-state index contributed by atoms with van der Waals surface area (Å²) in [7, 11) is 0. The van der Waals surface area contributed by atoms with E-state index >= 15 is 0 Å². The molecule has 0 radical (unpaired) electrons. The first-order chi connectivity index (χ1) is 8.95. The first-order valence-corrected chi connectivity index (χ1v) is 6.13. The SMILES string of the molecule is Cc1ccn(Cc2cc(F)cc(C(N)=S)c2)c(=O)c1. The molecule has 0 bridgehead atoms. The number of benzene rings is 1. The van der Waals surface area contributed by atoms with Crippen molar-refractivity contribution in [3.8, 4) is 0 Å². The summed E-state index contributed by atoms with van der Waals surface area (Å²) in [6.45, 7) is 2.13. The third-order valence-corrected chi connectivity index (χ3v) is 2.98. The third kappa shape index (κ3) is 3.26. The Bertz CT molecular complexity index is 694. The fourth-order valence-corrected chi connectivity index (χ4v) is 1.94. The standard InChI is InChI=1S/C14H13FN2OS/c1-9-2-3-17(13(18)4-9)8-10-5-11(14(16)19)7-12(15)6-10/h2-7H,8H2,1H3,(H2,16,19). The quantitative estimate of drug-likeness (QED) is 0.872. The maximum atomic E-state index is 13.5. The number of nitrogens with two attached hydrogens (primary N) is 1. The van der Waals surface area contributed by atoms with E-state index in [-0.39, 0.29) is 17.1 Å². The summed E-state index contributed by atoms with van der Waals surface area (Å²) in [6.07, 6.45) is 1.68. The van der Waals surface area contributed by atoms with Crippen molar-refractivity contribution in [2.24, 2.45) is 5.73 Å². The van der Waals surface area contributed by atoms with Crippen LogP contribution in [0.25, 0.3) is 0 Å². The van der Waals surface area contributed by atoms with Crippen molar-refractivity contribution in [1.29, 1.82) is 0 Å². The molecule has 0 atom stereocenters. The molecule has 0 amide bonds. The fourth-order valence-electron chi connectivity index (χ4n) is 1.82. The number of thiocarbonyl (C=S) groups is 1. The summed E-state index contributed by atoms with van der Waals surface area (Å²) in [6, 6.07) is 7.71. The molecule has 1 aromatic heterocycles. The lowest BCUT2D eigenvalue weighted by molar-refractivity contribution is 0.622. The zero-order chi connectivity index (χ0) is 14.0. The lowest BCUT2D eigenvalue weighted by Gasteiger charge is -2.08. The summed E-state index contributed by atoms with van der Waals surface area (Å²) >= 11 is 4.83. The Hall–Kier alpha value is -2.01. The summed E-state index contributed by atoms with van der Waals surface area (Å²) in [4.78, 5) is 11.9. The normalized spacial score (nSPS) is 10.4. The second-order valence-electron chi connectivity index (χ2n) is 4.38. The Morgan fingerprint density at radius 3 is 2.74 bits per heavy atom. The molecule has 0 aliphatic heterocycles. The Morgan fingerprint density at radius 2 is 2.11 bits per heavy atom. The van der Waals surface area contributed by atoms with Gasteiger partial charge in [0.25, 0.3) is 5.56 Å². The second-order valence-corrected chi connectivity index (χ2v) is 4.82. The number of halogens is 1. The molecule has 98 valence electrons. The minimum atomic E-state index is -0.416. The smallest absolute Gasteiger partial charge is 0.251 e. The van der Waals surface area contributed by atoms with Crippen LogP contribution in [0.2, 0.25) is 0 Å². The van der Waals surface area contributed by atoms with Crippen molar-refractivity contribution < 1.29 is 4.39 Å². The van der Waals surface area contributed by atoms with E-state index in [9.17, 15) is 9.18 Å². The van der Waals surface area contributed by atoms with Crippen molar-refractivity contribution in [3.63, 3.8) is 0 Å². The minimum Gasteiger partial charge on any atom is -0.389 e. The van der Waals surface area contributed by atoms with Gasteiger partial charge in [-0.25, -0.2) is 4.39 Å². The largest absolute Gasteiger partial charge is 0.389 e. The Kier molecular flexibility index (Phi) is 3.76. The Labute approximate surface area is 115 Å². The minimum absolute atomic E-state index is 0.124. The van der Waals surface area contributed by atoms with Gasteiger partial charge in [0, 0.05) is 17.8 Å². The van der Waals surface area contributed by atoms with E-state index in [2.05, 4.69) is 0 Å². The van der Waals surface area contributed by atoms with E-state index in [1.807, 2.05) is 13.0 Å². The first kappa shape index (κ1) is 13.4. The average Bonchev–Trinajstić information content (AvgIpc) is 2.32. The van der Waals surface area contributed by atoms with Crippen LogP contribution in [0.4, 0.5) is 4.39 Å². The van der Waals surface area contributed by atoms with Gasteiger partial charge in [-0.05, 0) is 42.3 Å². The summed E-state index contributed by atoms with van der Waals surface area (Å²) < 4.78 is 15.0. The summed E-state index contributed by atoms with van der Waals surface area (Å²) in [5, 5.41) is 0. The Balaban J connectivity index is 2.38. The summed E-state index contributed by atoms with van der Waals surface area (Å²) in [5.41, 5.74) is 7.37. The van der Waals surface area contributed by atoms with Gasteiger partial charge in [-0.3, -0.25) is 4.79 Å². The van der Waals surface area contributed by atoms with Crippen LogP contribution in [0.15, 0.2) is 41.3 Å². The molecule has 5 heteroatoms. The van der Waals surface area contributed by atoms with Crippen molar-refractivity contribution in [3.05, 3.63) is 69.4 Å². The fraction of sp³-hybridized carbons (Fsp3) is 0.143. The monoisotopic (exact) mass is 276 g/mol. The Morgan fingerprint density at radius 1 is 1.37 bits per heavy atom. The molecule has 3 nitrogen and oxygen atoms in total. The van der Waals surface area contributed by atoms with E-state index in [4.69, 9.17) is 18.0 Å². The van der Waals surface area contributed by atoms with Crippen LogP contribution in [0.5, 0.6) is 0 Å². The molecule has 2 N–H and O–H groups in total. The highest BCUT2D eigenvalue weighted by Gasteiger charge is 2.05. The highest BCUT2D eigenvalue weighted by Crippen LogP contribution is 2.10. The van der Waals surface area contributed by atoms with Crippen LogP contribution in [0, 0.1) is 12.7 Å². The molecular weight excluding hydrogens is 263 g/mol. The van der Waals surface area contributed by atoms with Crippen molar-refractivity contribution in [1.82, 2.24) is 4.57 Å². The molecule has 1 aromatic carbocycles. The molecule has 1 heterocycles. The van der Waals surface area contributed by atoms with E-state index in [0.29, 0.717) is 11.1 Å². The number of nitrogens with zero attached hydrogens (tertiary/aromatic N) is 1. The number of hydrogen-bond acceptors (Lipinski definition) is 2. The highest BCUT2D eigenvalue weighted by molar-refractivity contribution is 7.80. The summed E-state index contributed by atoms with van der Waals surface area (Å²) in [5.74, 6) is -0.416. The van der Waals surface area contributed by atoms with E-state index in [1.165, 1.54) is 22.8 Å². The van der Waals surface area contributed by atoms with Crippen LogP contribution in [-0.4, -0.2) is 9.56 Å². The van der Waals surface area contributed by atoms with Crippen LogP contribution in [0.3, 0.4) is 0 Å². The molecule has 0 saturated heterocycles. The van der Waals surface area contributed by atoms with Gasteiger partial charge in [-0.2, -0.15) is 0 Å². The van der Waals surface area contributed by atoms with Gasteiger partial charge in [0.15, 0.2) is 0 Å². The molecule has 2 aromatic rings. The maximum Gasteiger partial charge on any atom is 0.251 e. The maximum absolute atomic E-state index is 13.5. The second kappa shape index (κ2) is 5.32. The molecule has 0 unspecified atom stereocenters. The van der Waals surface area contributed by atoms with Crippen molar-refractivity contribution in [2.45, 2.75) is 13.5 Å². The van der Waals surface area contributed by atoms with Crippen LogP contribution in [0.1, 0.15) is 16.7 Å². The van der Waals surface area contributed by atoms with Crippen LogP contribution < -0.4 is 11.3 Å². The molecular formula is C14H13FN2OS. The molecule has 0 spiro atoms. The third-order valence-electron chi connectivity index (χ3n) is 2.75. The van der Waals surface area contributed by atoms with Gasteiger partial charge in [-0.15, -0.1) is 0 Å². The van der Waals surface area contributed by atoms with Crippen LogP contribution >= 0.6 is 12.2 Å². The molecule has 0 aliphatic carbocycles. The molecule has 0 fully saturated rings. The topological polar surface area (TPSA) is 48.0 Å². The first-order valence-electron chi connectivity index (χ1n) is 5.72. The van der Waals surface area contributed by atoms with Gasteiger partial charge in [0.05, 0.1) is 6.54 Å². The lowest BCUT2D eigenvalue weighted by atomic mass is 10.1. The number of pyridine rings is 1. The van der Waals surface area contributed by atoms with E-state index in [1.54, 1.807) is 12.3 Å². The molecule has 0 aliphatic rings. The van der Waals surface area contributed by atoms with Gasteiger partial charge in [-0.1, -0.05) is 12.2 Å².